The summed E-state index contributed by atoms with van der Waals surface area (Å²) in [6.45, 7) is -0.724. The summed E-state index contributed by atoms with van der Waals surface area (Å²) in [5, 5.41) is 70.5. The van der Waals surface area contributed by atoms with Crippen LogP contribution in [-0.4, -0.2) is 73.9 Å². The van der Waals surface area contributed by atoms with Gasteiger partial charge in [0.1, 0.15) is 58.7 Å². The SMILES string of the molecule is COc1ccc(-c2oc3cc(O)cc(O)c3c(=O)c2C2O[C@H](CO)[C@@H](O)[C@H](O)[C@H]2O)cc1O. The summed E-state index contributed by atoms with van der Waals surface area (Å²) in [6, 6.07) is 6.08. The molecule has 11 nitrogen and oxygen atoms in total. The lowest BCUT2D eigenvalue weighted by molar-refractivity contribution is -0.232. The van der Waals surface area contributed by atoms with Crippen molar-refractivity contribution in [2.45, 2.75) is 30.5 Å². The van der Waals surface area contributed by atoms with Gasteiger partial charge in [-0.1, -0.05) is 0 Å². The number of phenolic OH excluding ortho intramolecular Hbond substituents is 3. The molecule has 1 aromatic heterocycles. The molecule has 1 unspecified atom stereocenters. The number of rotatable bonds is 4. The van der Waals surface area contributed by atoms with Crippen LogP contribution in [0.2, 0.25) is 0 Å². The summed E-state index contributed by atoms with van der Waals surface area (Å²) in [5.74, 6) is -1.36. The van der Waals surface area contributed by atoms with Gasteiger partial charge in [-0.25, -0.2) is 0 Å². The van der Waals surface area contributed by atoms with Crippen LogP contribution in [0.5, 0.6) is 23.0 Å². The van der Waals surface area contributed by atoms with E-state index in [1.165, 1.54) is 25.3 Å². The summed E-state index contributed by atoms with van der Waals surface area (Å²) < 4.78 is 16.4. The smallest absolute Gasteiger partial charge is 0.203 e. The number of benzene rings is 2. The van der Waals surface area contributed by atoms with E-state index < -0.39 is 48.3 Å². The number of hydrogen-bond donors (Lipinski definition) is 7. The summed E-state index contributed by atoms with van der Waals surface area (Å²) in [7, 11) is 1.34. The number of aliphatic hydroxyl groups is 4. The zero-order valence-corrected chi connectivity index (χ0v) is 17.2. The summed E-state index contributed by atoms with van der Waals surface area (Å²) in [5.41, 5.74) is -1.26. The average molecular weight is 462 g/mol. The number of fused-ring (bicyclic) bond motifs is 1. The lowest BCUT2D eigenvalue weighted by atomic mass is 9.89. The van der Waals surface area contributed by atoms with Crippen molar-refractivity contribution < 1.29 is 49.6 Å². The quantitative estimate of drug-likeness (QED) is 0.278. The standard InChI is InChI=1S/C22H22O11/c1-31-12-3-2-8(4-10(12)25)21-16(22-20(30)19(29)17(27)14(7-23)33-22)18(28)15-11(26)5-9(24)6-13(15)32-21/h2-6,14,17,19-20,22-27,29-30H,7H2,1H3/t14-,17-,19+,20-,22?/m1/s1. The van der Waals surface area contributed by atoms with Gasteiger partial charge in [-0.2, -0.15) is 0 Å². The molecule has 176 valence electrons. The molecule has 33 heavy (non-hydrogen) atoms. The number of methoxy groups -OCH3 is 1. The Bertz CT molecular complexity index is 1250. The van der Waals surface area contributed by atoms with E-state index >= 15 is 0 Å². The van der Waals surface area contributed by atoms with Crippen molar-refractivity contribution in [3.05, 3.63) is 46.1 Å². The largest absolute Gasteiger partial charge is 0.508 e. The highest BCUT2D eigenvalue weighted by Crippen LogP contribution is 2.41. The molecule has 1 aliphatic heterocycles. The van der Waals surface area contributed by atoms with E-state index in [9.17, 15) is 40.5 Å². The number of hydrogen-bond acceptors (Lipinski definition) is 11. The lowest BCUT2D eigenvalue weighted by Crippen LogP contribution is -2.55. The molecule has 0 spiro atoms. The molecular formula is C22H22O11. The number of ether oxygens (including phenoxy) is 2. The average Bonchev–Trinajstić information content (AvgIpc) is 2.77. The molecule has 1 aliphatic rings. The van der Waals surface area contributed by atoms with Crippen LogP contribution in [0.3, 0.4) is 0 Å². The summed E-state index contributed by atoms with van der Waals surface area (Å²) in [6.07, 6.45) is -8.15. The minimum absolute atomic E-state index is 0.131. The van der Waals surface area contributed by atoms with Gasteiger partial charge in [-0.3, -0.25) is 4.79 Å². The molecule has 2 aromatic carbocycles. The van der Waals surface area contributed by atoms with Crippen LogP contribution < -0.4 is 10.2 Å². The normalized spacial score (nSPS) is 25.3. The topological polar surface area (TPSA) is 190 Å². The van der Waals surface area contributed by atoms with Gasteiger partial charge >= 0.3 is 0 Å². The Morgan fingerprint density at radius 3 is 2.33 bits per heavy atom. The second kappa shape index (κ2) is 8.54. The van der Waals surface area contributed by atoms with Crippen molar-refractivity contribution in [2.75, 3.05) is 13.7 Å². The van der Waals surface area contributed by atoms with Gasteiger partial charge in [0.15, 0.2) is 11.5 Å². The van der Waals surface area contributed by atoms with Crippen molar-refractivity contribution >= 4 is 11.0 Å². The fourth-order valence-corrected chi connectivity index (χ4v) is 3.94. The zero-order chi connectivity index (χ0) is 24.0. The second-order valence-corrected chi connectivity index (χ2v) is 7.65. The van der Waals surface area contributed by atoms with Crippen LogP contribution in [0.15, 0.2) is 39.5 Å². The second-order valence-electron chi connectivity index (χ2n) is 7.65. The Labute approximate surface area is 185 Å². The molecule has 1 saturated heterocycles. The monoisotopic (exact) mass is 462 g/mol. The third-order valence-corrected chi connectivity index (χ3v) is 5.61. The first-order chi connectivity index (χ1) is 15.7. The van der Waals surface area contributed by atoms with Crippen LogP contribution in [0.1, 0.15) is 11.7 Å². The van der Waals surface area contributed by atoms with Gasteiger partial charge in [0, 0.05) is 17.7 Å². The van der Waals surface area contributed by atoms with Crippen LogP contribution in [0, 0.1) is 0 Å². The zero-order valence-electron chi connectivity index (χ0n) is 17.2. The molecule has 0 amide bonds. The van der Waals surface area contributed by atoms with Gasteiger partial charge < -0.3 is 49.6 Å². The lowest BCUT2D eigenvalue weighted by Gasteiger charge is -2.40. The first kappa shape index (κ1) is 22.8. The van der Waals surface area contributed by atoms with Gasteiger partial charge in [0.2, 0.25) is 5.43 Å². The maximum absolute atomic E-state index is 13.5. The molecule has 2 heterocycles. The molecule has 4 rings (SSSR count). The van der Waals surface area contributed by atoms with Crippen molar-refractivity contribution in [1.29, 1.82) is 0 Å². The molecule has 11 heteroatoms. The minimum Gasteiger partial charge on any atom is -0.508 e. The van der Waals surface area contributed by atoms with Crippen molar-refractivity contribution in [3.63, 3.8) is 0 Å². The van der Waals surface area contributed by atoms with Crippen LogP contribution in [0.25, 0.3) is 22.3 Å². The Balaban J connectivity index is 2.03. The highest BCUT2D eigenvalue weighted by Gasteiger charge is 2.46. The highest BCUT2D eigenvalue weighted by atomic mass is 16.5. The van der Waals surface area contributed by atoms with E-state index in [1.54, 1.807) is 0 Å². The first-order valence-electron chi connectivity index (χ1n) is 9.88. The maximum Gasteiger partial charge on any atom is 0.203 e. The van der Waals surface area contributed by atoms with Crippen molar-refractivity contribution in [3.8, 4) is 34.3 Å². The molecule has 7 N–H and O–H groups in total. The number of phenols is 3. The maximum atomic E-state index is 13.5. The number of aromatic hydroxyl groups is 3. The van der Waals surface area contributed by atoms with E-state index in [0.717, 1.165) is 12.1 Å². The first-order valence-corrected chi connectivity index (χ1v) is 9.88. The molecule has 0 radical (unpaired) electrons. The fraction of sp³-hybridized carbons (Fsp3) is 0.318. The predicted molar refractivity (Wildman–Crippen MR) is 112 cm³/mol. The Morgan fingerprint density at radius 2 is 1.70 bits per heavy atom. The summed E-state index contributed by atoms with van der Waals surface area (Å²) in [4.78, 5) is 13.5. The van der Waals surface area contributed by atoms with E-state index in [0.29, 0.717) is 0 Å². The highest BCUT2D eigenvalue weighted by molar-refractivity contribution is 5.87. The molecule has 1 fully saturated rings. The third kappa shape index (κ3) is 3.75. The van der Waals surface area contributed by atoms with Gasteiger partial charge in [-0.15, -0.1) is 0 Å². The third-order valence-electron chi connectivity index (χ3n) is 5.61. The predicted octanol–water partition coefficient (Wildman–Crippen LogP) is 0.100. The molecular weight excluding hydrogens is 440 g/mol. The Kier molecular flexibility index (Phi) is 5.91. The molecule has 0 saturated carbocycles. The number of aliphatic hydroxyl groups excluding tert-OH is 4. The van der Waals surface area contributed by atoms with Gasteiger partial charge in [0.25, 0.3) is 0 Å². The van der Waals surface area contributed by atoms with Crippen molar-refractivity contribution in [1.82, 2.24) is 0 Å². The Morgan fingerprint density at radius 1 is 0.970 bits per heavy atom. The summed E-state index contributed by atoms with van der Waals surface area (Å²) >= 11 is 0. The van der Waals surface area contributed by atoms with E-state index in [1.807, 2.05) is 0 Å². The minimum atomic E-state index is -1.81. The molecule has 0 aliphatic carbocycles. The van der Waals surface area contributed by atoms with Crippen LogP contribution in [0.4, 0.5) is 0 Å². The molecule has 3 aromatic rings. The van der Waals surface area contributed by atoms with E-state index in [4.69, 9.17) is 13.9 Å². The fourth-order valence-electron chi connectivity index (χ4n) is 3.94. The molecule has 5 atom stereocenters. The van der Waals surface area contributed by atoms with Gasteiger partial charge in [-0.05, 0) is 18.2 Å². The van der Waals surface area contributed by atoms with Crippen molar-refractivity contribution in [2.24, 2.45) is 0 Å². The van der Waals surface area contributed by atoms with E-state index in [-0.39, 0.29) is 45.1 Å². The van der Waals surface area contributed by atoms with Crippen LogP contribution >= 0.6 is 0 Å². The van der Waals surface area contributed by atoms with E-state index in [2.05, 4.69) is 0 Å². The van der Waals surface area contributed by atoms with Crippen LogP contribution in [-0.2, 0) is 4.74 Å². The Hall–Kier alpha value is -3.35. The van der Waals surface area contributed by atoms with Gasteiger partial charge in [0.05, 0.1) is 19.3 Å². The molecule has 0 bridgehead atoms.